The third-order valence-corrected chi connectivity index (χ3v) is 2.59. The average molecular weight is 214 g/mol. The number of H-pyrrole nitrogens is 1. The maximum atomic E-state index is 5.14. The van der Waals surface area contributed by atoms with E-state index in [1.54, 1.807) is 0 Å². The lowest BCUT2D eigenvalue weighted by Crippen LogP contribution is -2.32. The summed E-state index contributed by atoms with van der Waals surface area (Å²) in [5.41, 5.74) is 0. The Kier molecular flexibility index (Phi) is 3.69. The van der Waals surface area contributed by atoms with E-state index < -0.39 is 0 Å². The molecule has 0 fully saturated rings. The lowest BCUT2D eigenvalue weighted by Gasteiger charge is -2.25. The first-order chi connectivity index (χ1) is 6.61. The van der Waals surface area contributed by atoms with Crippen molar-refractivity contribution in [2.45, 2.75) is 40.3 Å². The number of anilines is 1. The number of rotatable bonds is 4. The number of nitrogens with one attached hydrogen (secondary N) is 1. The van der Waals surface area contributed by atoms with Gasteiger partial charge in [0.25, 0.3) is 0 Å². The molecule has 14 heavy (non-hydrogen) atoms. The Hall–Kier alpha value is -0.840. The van der Waals surface area contributed by atoms with E-state index in [0.717, 1.165) is 19.0 Å². The number of hydrogen-bond acceptors (Lipinski definition) is 3. The Labute approximate surface area is 89.9 Å². The highest BCUT2D eigenvalue weighted by molar-refractivity contribution is 7.71. The lowest BCUT2D eigenvalue weighted by atomic mass is 10.3. The van der Waals surface area contributed by atoms with Crippen molar-refractivity contribution < 1.29 is 0 Å². The molecule has 0 aromatic carbocycles. The van der Waals surface area contributed by atoms with Gasteiger partial charge >= 0.3 is 0 Å². The number of hydrogen-bond donors (Lipinski definition) is 1. The molecule has 1 rings (SSSR count). The monoisotopic (exact) mass is 214 g/mol. The van der Waals surface area contributed by atoms with Gasteiger partial charge in [-0.2, -0.15) is 0 Å². The maximum Gasteiger partial charge on any atom is 0.225 e. The van der Waals surface area contributed by atoms with E-state index in [2.05, 4.69) is 42.8 Å². The Morgan fingerprint density at radius 1 is 1.50 bits per heavy atom. The summed E-state index contributed by atoms with van der Waals surface area (Å²) in [5, 5.41) is 7.08. The van der Waals surface area contributed by atoms with E-state index in [4.69, 9.17) is 12.2 Å². The first-order valence-corrected chi connectivity index (χ1v) is 5.44. The van der Waals surface area contributed by atoms with E-state index in [-0.39, 0.29) is 0 Å². The van der Waals surface area contributed by atoms with Gasteiger partial charge in [-0.05, 0) is 39.9 Å². The highest BCUT2D eigenvalue weighted by Gasteiger charge is 2.14. The van der Waals surface area contributed by atoms with Gasteiger partial charge in [0.1, 0.15) is 0 Å². The van der Waals surface area contributed by atoms with Gasteiger partial charge in [0.05, 0.1) is 0 Å². The second-order valence-electron chi connectivity index (χ2n) is 3.45. The molecule has 0 aliphatic rings. The van der Waals surface area contributed by atoms with Gasteiger partial charge < -0.3 is 4.90 Å². The average Bonchev–Trinajstić information content (AvgIpc) is 2.48. The molecule has 0 aliphatic carbocycles. The van der Waals surface area contributed by atoms with Crippen LogP contribution in [0, 0.1) is 4.77 Å². The quantitative estimate of drug-likeness (QED) is 0.781. The van der Waals surface area contributed by atoms with Crippen molar-refractivity contribution in [1.29, 1.82) is 0 Å². The van der Waals surface area contributed by atoms with Gasteiger partial charge in [0.2, 0.25) is 5.95 Å². The Morgan fingerprint density at radius 3 is 2.57 bits per heavy atom. The fourth-order valence-electron chi connectivity index (χ4n) is 1.55. The molecule has 0 amide bonds. The zero-order valence-corrected chi connectivity index (χ0v) is 10.1. The second kappa shape index (κ2) is 4.59. The van der Waals surface area contributed by atoms with E-state index >= 15 is 0 Å². The fourth-order valence-corrected chi connectivity index (χ4v) is 1.81. The van der Waals surface area contributed by atoms with Crippen LogP contribution in [0.15, 0.2) is 0 Å². The van der Waals surface area contributed by atoms with Gasteiger partial charge in [-0.1, -0.05) is 0 Å². The highest BCUT2D eigenvalue weighted by Crippen LogP contribution is 2.13. The number of aromatic amines is 1. The summed E-state index contributed by atoms with van der Waals surface area (Å²) in [6.07, 6.45) is 0. The van der Waals surface area contributed by atoms with Gasteiger partial charge in [-0.3, -0.25) is 4.57 Å². The predicted octanol–water partition coefficient (Wildman–Crippen LogP) is 2.20. The normalized spacial score (nSPS) is 10.9. The largest absolute Gasteiger partial charge is 0.339 e. The smallest absolute Gasteiger partial charge is 0.225 e. The molecule has 0 bridgehead atoms. The Morgan fingerprint density at radius 2 is 2.14 bits per heavy atom. The van der Waals surface area contributed by atoms with Crippen LogP contribution < -0.4 is 4.90 Å². The second-order valence-corrected chi connectivity index (χ2v) is 3.84. The molecule has 0 saturated heterocycles. The molecule has 1 heterocycles. The summed E-state index contributed by atoms with van der Waals surface area (Å²) in [6.45, 7) is 10.3. The topological polar surface area (TPSA) is 36.9 Å². The fraction of sp³-hybridized carbons (Fsp3) is 0.778. The molecule has 0 atom stereocenters. The van der Waals surface area contributed by atoms with Crippen LogP contribution in [0.5, 0.6) is 0 Å². The van der Waals surface area contributed by atoms with Crippen molar-refractivity contribution in [2.24, 2.45) is 0 Å². The summed E-state index contributed by atoms with van der Waals surface area (Å²) in [5.74, 6) is 0.940. The van der Waals surface area contributed by atoms with Gasteiger partial charge in [-0.25, -0.2) is 5.10 Å². The van der Waals surface area contributed by atoms with Gasteiger partial charge in [0.15, 0.2) is 4.77 Å². The molecule has 1 aromatic heterocycles. The number of aromatic nitrogens is 3. The summed E-state index contributed by atoms with van der Waals surface area (Å²) >= 11 is 5.14. The van der Waals surface area contributed by atoms with E-state index in [0.29, 0.717) is 10.8 Å². The Balaban J connectivity index is 3.10. The molecular weight excluding hydrogens is 196 g/mol. The van der Waals surface area contributed by atoms with Crippen molar-refractivity contribution in [3.05, 3.63) is 4.77 Å². The molecule has 1 aromatic rings. The van der Waals surface area contributed by atoms with E-state index in [9.17, 15) is 0 Å². The Bertz CT molecular complexity index is 339. The van der Waals surface area contributed by atoms with Crippen molar-refractivity contribution in [3.8, 4) is 0 Å². The zero-order valence-electron chi connectivity index (χ0n) is 9.24. The van der Waals surface area contributed by atoms with E-state index in [1.807, 2.05) is 4.57 Å². The highest BCUT2D eigenvalue weighted by atomic mass is 32.1. The lowest BCUT2D eigenvalue weighted by molar-refractivity contribution is 0.640. The molecule has 0 saturated carbocycles. The molecular formula is C9H18N4S. The maximum absolute atomic E-state index is 5.14. The summed E-state index contributed by atoms with van der Waals surface area (Å²) in [6, 6.07) is 0.440. The van der Waals surface area contributed by atoms with Gasteiger partial charge in [0, 0.05) is 19.1 Å². The molecule has 0 radical (unpaired) electrons. The molecule has 80 valence electrons. The van der Waals surface area contributed by atoms with Crippen LogP contribution in [0.4, 0.5) is 5.95 Å². The van der Waals surface area contributed by atoms with Crippen LogP contribution in [0.3, 0.4) is 0 Å². The predicted molar refractivity (Wildman–Crippen MR) is 61.2 cm³/mol. The zero-order chi connectivity index (χ0) is 10.7. The van der Waals surface area contributed by atoms with Crippen molar-refractivity contribution >= 4 is 18.2 Å². The SMILES string of the molecule is CCN(c1n[nH]c(=S)n1CC)C(C)C. The summed E-state index contributed by atoms with van der Waals surface area (Å²) in [4.78, 5) is 2.22. The van der Waals surface area contributed by atoms with Crippen LogP contribution in [-0.2, 0) is 6.54 Å². The van der Waals surface area contributed by atoms with Crippen LogP contribution in [0.1, 0.15) is 27.7 Å². The van der Waals surface area contributed by atoms with Crippen molar-refractivity contribution in [3.63, 3.8) is 0 Å². The first kappa shape index (κ1) is 11.2. The summed E-state index contributed by atoms with van der Waals surface area (Å²) in [7, 11) is 0. The molecule has 1 N–H and O–H groups in total. The molecule has 0 aliphatic heterocycles. The standard InChI is InChI=1S/C9H18N4S/c1-5-12(7(3)4)8-10-11-9(14)13(8)6-2/h7H,5-6H2,1-4H3,(H,11,14). The van der Waals surface area contributed by atoms with Crippen LogP contribution in [0.25, 0.3) is 0 Å². The van der Waals surface area contributed by atoms with Crippen molar-refractivity contribution in [2.75, 3.05) is 11.4 Å². The minimum absolute atomic E-state index is 0.440. The van der Waals surface area contributed by atoms with Gasteiger partial charge in [-0.15, -0.1) is 5.10 Å². The van der Waals surface area contributed by atoms with Crippen molar-refractivity contribution in [1.82, 2.24) is 14.8 Å². The minimum Gasteiger partial charge on any atom is -0.339 e. The van der Waals surface area contributed by atoms with Crippen LogP contribution in [-0.4, -0.2) is 27.4 Å². The molecule has 0 unspecified atom stereocenters. The van der Waals surface area contributed by atoms with E-state index in [1.165, 1.54) is 0 Å². The number of nitrogens with zero attached hydrogens (tertiary/aromatic N) is 3. The third-order valence-electron chi connectivity index (χ3n) is 2.28. The molecule has 0 spiro atoms. The van der Waals surface area contributed by atoms with Crippen LogP contribution >= 0.6 is 12.2 Å². The molecule has 4 nitrogen and oxygen atoms in total. The minimum atomic E-state index is 0.440. The molecule has 5 heteroatoms. The first-order valence-electron chi connectivity index (χ1n) is 5.03. The third kappa shape index (κ3) is 1.97. The summed E-state index contributed by atoms with van der Waals surface area (Å²) < 4.78 is 2.71. The van der Waals surface area contributed by atoms with Crippen LogP contribution in [0.2, 0.25) is 0 Å².